The summed E-state index contributed by atoms with van der Waals surface area (Å²) in [5.41, 5.74) is 1.05. The standard InChI is InChI=1S/C4H7NP2S/c1-2-5-3(6)4(7)8-2/h6-7H2,1H3. The molecule has 1 heterocycles. The van der Waals surface area contributed by atoms with Crippen molar-refractivity contribution in [3.8, 4) is 0 Å². The van der Waals surface area contributed by atoms with Gasteiger partial charge in [-0.25, -0.2) is 4.98 Å². The SMILES string of the molecule is Cc1nc(P)c(P)s1. The molecule has 1 aromatic heterocycles. The van der Waals surface area contributed by atoms with E-state index in [0.717, 1.165) is 10.4 Å². The number of hydrogen-bond acceptors (Lipinski definition) is 2. The highest BCUT2D eigenvalue weighted by molar-refractivity contribution is 7.47. The summed E-state index contributed by atoms with van der Waals surface area (Å²) in [5, 5.41) is 1.13. The second kappa shape index (κ2) is 2.39. The third-order valence-corrected chi connectivity index (χ3v) is 3.24. The van der Waals surface area contributed by atoms with Gasteiger partial charge in [0, 0.05) is 4.62 Å². The highest BCUT2D eigenvalue weighted by Crippen LogP contribution is 2.02. The molecular weight excluding hydrogens is 156 g/mol. The van der Waals surface area contributed by atoms with E-state index in [1.807, 2.05) is 6.92 Å². The van der Waals surface area contributed by atoms with Gasteiger partial charge in [-0.15, -0.1) is 11.3 Å². The molecule has 1 rings (SSSR count). The highest BCUT2D eigenvalue weighted by Gasteiger charge is 1.96. The molecule has 0 aliphatic heterocycles. The monoisotopic (exact) mass is 163 g/mol. The first-order chi connectivity index (χ1) is 3.70. The number of aryl methyl sites for hydroxylation is 1. The summed E-state index contributed by atoms with van der Waals surface area (Å²) in [5.74, 6) is 0. The molecule has 0 bridgehead atoms. The first kappa shape index (κ1) is 6.61. The molecular formula is C4H7NP2S. The van der Waals surface area contributed by atoms with Crippen LogP contribution in [0.2, 0.25) is 0 Å². The van der Waals surface area contributed by atoms with Crippen molar-refractivity contribution < 1.29 is 0 Å². The van der Waals surface area contributed by atoms with Gasteiger partial charge in [-0.2, -0.15) is 0 Å². The number of hydrogen-bond donors (Lipinski definition) is 0. The van der Waals surface area contributed by atoms with Crippen molar-refractivity contribution in [1.29, 1.82) is 0 Å². The predicted octanol–water partition coefficient (Wildman–Crippen LogP) is 0.452. The van der Waals surface area contributed by atoms with Crippen LogP contribution < -0.4 is 10.1 Å². The Morgan fingerprint density at radius 3 is 2.25 bits per heavy atom. The van der Waals surface area contributed by atoms with Gasteiger partial charge in [0.2, 0.25) is 0 Å². The Bertz CT molecular complexity index is 176. The van der Waals surface area contributed by atoms with Crippen molar-refractivity contribution in [2.24, 2.45) is 0 Å². The van der Waals surface area contributed by atoms with Crippen LogP contribution in [0.25, 0.3) is 0 Å². The van der Waals surface area contributed by atoms with E-state index >= 15 is 0 Å². The van der Waals surface area contributed by atoms with Gasteiger partial charge < -0.3 is 0 Å². The normalized spacial score (nSPS) is 9.88. The van der Waals surface area contributed by atoms with E-state index in [1.54, 1.807) is 11.3 Å². The lowest BCUT2D eigenvalue weighted by atomic mass is 10.8. The summed E-state index contributed by atoms with van der Waals surface area (Å²) >= 11 is 1.70. The van der Waals surface area contributed by atoms with E-state index in [0.29, 0.717) is 0 Å². The largest absolute Gasteiger partial charge is 0.242 e. The molecule has 4 heteroatoms. The van der Waals surface area contributed by atoms with Crippen molar-refractivity contribution >= 4 is 39.9 Å². The van der Waals surface area contributed by atoms with Crippen LogP contribution in [0.1, 0.15) is 5.01 Å². The van der Waals surface area contributed by atoms with Crippen molar-refractivity contribution in [3.05, 3.63) is 5.01 Å². The van der Waals surface area contributed by atoms with E-state index in [2.05, 4.69) is 23.5 Å². The molecule has 0 fully saturated rings. The molecule has 8 heavy (non-hydrogen) atoms. The smallest absolute Gasteiger partial charge is 0.0908 e. The minimum absolute atomic E-state index is 1.05. The fraction of sp³-hybridized carbons (Fsp3) is 0.250. The number of aromatic nitrogens is 1. The zero-order chi connectivity index (χ0) is 6.15. The van der Waals surface area contributed by atoms with Gasteiger partial charge in [0.25, 0.3) is 0 Å². The van der Waals surface area contributed by atoms with Crippen LogP contribution in [0.3, 0.4) is 0 Å². The molecule has 0 saturated heterocycles. The van der Waals surface area contributed by atoms with Crippen LogP contribution in [0.5, 0.6) is 0 Å². The Morgan fingerprint density at radius 1 is 1.50 bits per heavy atom. The van der Waals surface area contributed by atoms with Crippen LogP contribution in [0.15, 0.2) is 0 Å². The maximum absolute atomic E-state index is 4.17. The molecule has 0 N–H and O–H groups in total. The van der Waals surface area contributed by atoms with E-state index in [4.69, 9.17) is 0 Å². The second-order valence-electron chi connectivity index (χ2n) is 1.48. The zero-order valence-electron chi connectivity index (χ0n) is 4.51. The van der Waals surface area contributed by atoms with Crippen LogP contribution in [-0.4, -0.2) is 4.98 Å². The second-order valence-corrected chi connectivity index (χ2v) is 4.26. The van der Waals surface area contributed by atoms with Crippen molar-refractivity contribution in [2.75, 3.05) is 0 Å². The third-order valence-electron chi connectivity index (χ3n) is 0.788. The van der Waals surface area contributed by atoms with E-state index in [9.17, 15) is 0 Å². The predicted molar refractivity (Wildman–Crippen MR) is 45.5 cm³/mol. The lowest BCUT2D eigenvalue weighted by Crippen LogP contribution is -2.04. The minimum Gasteiger partial charge on any atom is -0.242 e. The summed E-state index contributed by atoms with van der Waals surface area (Å²) in [7, 11) is 5.23. The van der Waals surface area contributed by atoms with Gasteiger partial charge in [-0.3, -0.25) is 0 Å². The summed E-state index contributed by atoms with van der Waals surface area (Å²) < 4.78 is 1.22. The summed E-state index contributed by atoms with van der Waals surface area (Å²) in [6.07, 6.45) is 0. The first-order valence-electron chi connectivity index (χ1n) is 2.18. The van der Waals surface area contributed by atoms with E-state index in [-0.39, 0.29) is 0 Å². The van der Waals surface area contributed by atoms with Gasteiger partial charge in [-0.05, 0) is 6.92 Å². The summed E-state index contributed by atoms with van der Waals surface area (Å²) in [6, 6.07) is 0. The molecule has 0 aromatic carbocycles. The fourth-order valence-corrected chi connectivity index (χ4v) is 2.11. The summed E-state index contributed by atoms with van der Waals surface area (Å²) in [6.45, 7) is 2.01. The molecule has 1 nitrogen and oxygen atoms in total. The van der Waals surface area contributed by atoms with Crippen molar-refractivity contribution in [1.82, 2.24) is 4.98 Å². The fourth-order valence-electron chi connectivity index (χ4n) is 0.459. The molecule has 0 amide bonds. The number of thiazole rings is 1. The quantitative estimate of drug-likeness (QED) is 0.506. The molecule has 44 valence electrons. The van der Waals surface area contributed by atoms with Gasteiger partial charge in [-0.1, -0.05) is 18.5 Å². The average Bonchev–Trinajstić information content (AvgIpc) is 1.85. The Labute approximate surface area is 57.3 Å². The van der Waals surface area contributed by atoms with E-state index < -0.39 is 0 Å². The average molecular weight is 163 g/mol. The lowest BCUT2D eigenvalue weighted by molar-refractivity contribution is 1.34. The van der Waals surface area contributed by atoms with Gasteiger partial charge in [0.05, 0.1) is 10.4 Å². The molecule has 1 aromatic rings. The summed E-state index contributed by atoms with van der Waals surface area (Å²) in [4.78, 5) is 4.17. The Kier molecular flexibility index (Phi) is 1.97. The Hall–Kier alpha value is 0.490. The zero-order valence-corrected chi connectivity index (χ0v) is 7.64. The Morgan fingerprint density at radius 2 is 2.12 bits per heavy atom. The van der Waals surface area contributed by atoms with Crippen molar-refractivity contribution in [2.45, 2.75) is 6.92 Å². The minimum atomic E-state index is 1.05. The number of nitrogens with zero attached hydrogens (tertiary/aromatic N) is 1. The van der Waals surface area contributed by atoms with Gasteiger partial charge >= 0.3 is 0 Å². The molecule has 0 saturated carbocycles. The van der Waals surface area contributed by atoms with E-state index in [1.165, 1.54) is 4.62 Å². The van der Waals surface area contributed by atoms with Crippen LogP contribution in [-0.2, 0) is 0 Å². The third kappa shape index (κ3) is 1.25. The maximum Gasteiger partial charge on any atom is 0.0908 e. The molecule has 0 radical (unpaired) electrons. The Balaban J connectivity index is 3.14. The first-order valence-corrected chi connectivity index (χ1v) is 4.15. The molecule has 0 aliphatic carbocycles. The number of rotatable bonds is 0. The lowest BCUT2D eigenvalue weighted by Gasteiger charge is -1.77. The maximum atomic E-state index is 4.17. The molecule has 0 spiro atoms. The molecule has 2 atom stereocenters. The van der Waals surface area contributed by atoms with Crippen LogP contribution in [0.4, 0.5) is 0 Å². The molecule has 0 aliphatic rings. The van der Waals surface area contributed by atoms with Crippen molar-refractivity contribution in [3.63, 3.8) is 0 Å². The topological polar surface area (TPSA) is 12.9 Å². The molecule has 2 unspecified atom stereocenters. The van der Waals surface area contributed by atoms with Gasteiger partial charge in [0.15, 0.2) is 0 Å². The van der Waals surface area contributed by atoms with Crippen LogP contribution >= 0.6 is 29.8 Å². The van der Waals surface area contributed by atoms with Gasteiger partial charge in [0.1, 0.15) is 0 Å². The van der Waals surface area contributed by atoms with Crippen LogP contribution in [0, 0.1) is 6.92 Å². The highest BCUT2D eigenvalue weighted by atomic mass is 32.1.